The molecule has 1 unspecified atom stereocenters. The van der Waals surface area contributed by atoms with Crippen LogP contribution in [-0.2, 0) is 23.8 Å². The van der Waals surface area contributed by atoms with E-state index in [4.69, 9.17) is 0 Å². The Labute approximate surface area is 150 Å². The molecule has 0 spiro atoms. The van der Waals surface area contributed by atoms with Crippen LogP contribution < -0.4 is 0 Å². The minimum absolute atomic E-state index is 0.350. The monoisotopic (exact) mass is 416 g/mol. The van der Waals surface area contributed by atoms with Crippen molar-refractivity contribution in [3.05, 3.63) is 48.0 Å². The van der Waals surface area contributed by atoms with Gasteiger partial charge >= 0.3 is 27.5 Å². The van der Waals surface area contributed by atoms with Crippen molar-refractivity contribution in [1.82, 2.24) is 0 Å². The van der Waals surface area contributed by atoms with Gasteiger partial charge in [0.05, 0.1) is 0 Å². The van der Waals surface area contributed by atoms with Crippen LogP contribution in [0.5, 0.6) is 0 Å². The second-order valence-corrected chi connectivity index (χ2v) is 6.89. The Hall–Kier alpha value is -2.34. The molecule has 0 aliphatic carbocycles. The summed E-state index contributed by atoms with van der Waals surface area (Å²) >= 11 is 0. The summed E-state index contributed by atoms with van der Waals surface area (Å²) in [6.45, 7) is 2.01. The van der Waals surface area contributed by atoms with Crippen molar-refractivity contribution in [1.29, 1.82) is 0 Å². The number of benzene rings is 1. The standard InChI is InChI=1S/C15H13F5O6S/c1-9(2)13(22)25-8-14(16,17)27(23,24)26-12(15(18,19)20)11(21)10-6-4-3-5-7-10/h3-7,12H,1,8H2,2H3. The van der Waals surface area contributed by atoms with Crippen molar-refractivity contribution < 1.29 is 48.9 Å². The van der Waals surface area contributed by atoms with Crippen LogP contribution in [0, 0.1) is 0 Å². The Morgan fingerprint density at radius 2 is 1.63 bits per heavy atom. The summed E-state index contributed by atoms with van der Waals surface area (Å²) in [5.74, 6) is -3.28. The SMILES string of the molecule is C=C(C)C(=O)OCC(F)(F)S(=O)(=O)OC(C(=O)c1ccccc1)C(F)(F)F. The van der Waals surface area contributed by atoms with Crippen molar-refractivity contribution in [3.63, 3.8) is 0 Å². The summed E-state index contributed by atoms with van der Waals surface area (Å²) in [6, 6.07) is 5.57. The molecule has 1 atom stereocenters. The summed E-state index contributed by atoms with van der Waals surface area (Å²) in [5.41, 5.74) is -0.955. The number of carbonyl (C=O) groups excluding carboxylic acids is 2. The lowest BCUT2D eigenvalue weighted by Crippen LogP contribution is -2.46. The number of alkyl halides is 5. The average Bonchev–Trinajstić information content (AvgIpc) is 2.56. The zero-order chi connectivity index (χ0) is 21.0. The maximum Gasteiger partial charge on any atom is 0.423 e. The van der Waals surface area contributed by atoms with Gasteiger partial charge in [-0.15, -0.1) is 0 Å². The van der Waals surface area contributed by atoms with Crippen LogP contribution >= 0.6 is 0 Å². The molecule has 6 nitrogen and oxygen atoms in total. The Bertz CT molecular complexity index is 817. The molecular formula is C15H13F5O6S. The summed E-state index contributed by atoms with van der Waals surface area (Å²) < 4.78 is 97.3. The molecule has 12 heteroatoms. The van der Waals surface area contributed by atoms with E-state index in [1.807, 2.05) is 0 Å². The fraction of sp³-hybridized carbons (Fsp3) is 0.333. The number of Topliss-reactive ketones (excluding diaryl/α,β-unsaturated/α-hetero) is 1. The second-order valence-electron chi connectivity index (χ2n) is 5.20. The fourth-order valence-corrected chi connectivity index (χ4v) is 2.34. The summed E-state index contributed by atoms with van der Waals surface area (Å²) in [7, 11) is -6.30. The highest BCUT2D eigenvalue weighted by Gasteiger charge is 2.55. The van der Waals surface area contributed by atoms with Gasteiger partial charge in [0.25, 0.3) is 0 Å². The third-order valence-corrected chi connectivity index (χ3v) is 4.20. The first kappa shape index (κ1) is 22.7. The zero-order valence-electron chi connectivity index (χ0n) is 13.6. The predicted octanol–water partition coefficient (Wildman–Crippen LogP) is 2.86. The van der Waals surface area contributed by atoms with Gasteiger partial charge in [-0.05, 0) is 6.92 Å². The van der Waals surface area contributed by atoms with E-state index >= 15 is 0 Å². The molecule has 0 radical (unpaired) electrons. The van der Waals surface area contributed by atoms with Crippen LogP contribution in [0.2, 0.25) is 0 Å². The first-order chi connectivity index (χ1) is 12.2. The lowest BCUT2D eigenvalue weighted by atomic mass is 10.1. The van der Waals surface area contributed by atoms with E-state index in [0.717, 1.165) is 19.1 Å². The lowest BCUT2D eigenvalue weighted by molar-refractivity contribution is -0.180. The molecule has 1 rings (SSSR count). The van der Waals surface area contributed by atoms with Crippen LogP contribution in [0.15, 0.2) is 42.5 Å². The Morgan fingerprint density at radius 1 is 1.11 bits per heavy atom. The fourth-order valence-electron chi connectivity index (χ4n) is 1.54. The molecule has 1 aromatic rings. The minimum Gasteiger partial charge on any atom is -0.455 e. The number of carbonyl (C=O) groups is 2. The Kier molecular flexibility index (Phi) is 6.83. The molecule has 0 aliphatic heterocycles. The Morgan fingerprint density at radius 3 is 2.07 bits per heavy atom. The maximum absolute atomic E-state index is 13.7. The van der Waals surface area contributed by atoms with E-state index in [-0.39, 0.29) is 5.57 Å². The molecule has 0 amide bonds. The number of halogens is 5. The maximum atomic E-state index is 13.7. The number of hydrogen-bond donors (Lipinski definition) is 0. The van der Waals surface area contributed by atoms with Gasteiger partial charge in [-0.2, -0.15) is 30.4 Å². The highest BCUT2D eigenvalue weighted by molar-refractivity contribution is 7.87. The van der Waals surface area contributed by atoms with Crippen molar-refractivity contribution in [2.24, 2.45) is 0 Å². The minimum atomic E-state index is -6.30. The van der Waals surface area contributed by atoms with Crippen LogP contribution in [0.3, 0.4) is 0 Å². The van der Waals surface area contributed by atoms with E-state index in [0.29, 0.717) is 0 Å². The molecule has 1 aromatic carbocycles. The van der Waals surface area contributed by atoms with Gasteiger partial charge in [0.2, 0.25) is 11.9 Å². The second kappa shape index (κ2) is 8.13. The van der Waals surface area contributed by atoms with Gasteiger partial charge in [-0.3, -0.25) is 4.79 Å². The smallest absolute Gasteiger partial charge is 0.423 e. The van der Waals surface area contributed by atoms with Crippen molar-refractivity contribution >= 4 is 21.9 Å². The Balaban J connectivity index is 3.11. The zero-order valence-corrected chi connectivity index (χ0v) is 14.4. The van der Waals surface area contributed by atoms with E-state index in [2.05, 4.69) is 15.5 Å². The number of rotatable bonds is 8. The van der Waals surface area contributed by atoms with E-state index in [1.165, 1.54) is 18.2 Å². The number of hydrogen-bond acceptors (Lipinski definition) is 6. The third kappa shape index (κ3) is 5.82. The van der Waals surface area contributed by atoms with Crippen LogP contribution in [0.25, 0.3) is 0 Å². The molecule has 0 saturated heterocycles. The first-order valence-corrected chi connectivity index (χ1v) is 8.39. The van der Waals surface area contributed by atoms with Gasteiger partial charge in [0.1, 0.15) is 0 Å². The number of ketones is 1. The number of ether oxygens (including phenoxy) is 1. The molecular weight excluding hydrogens is 403 g/mol. The molecule has 0 aliphatic rings. The molecule has 0 aromatic heterocycles. The van der Waals surface area contributed by atoms with Gasteiger partial charge in [-0.25, -0.2) is 8.98 Å². The highest BCUT2D eigenvalue weighted by atomic mass is 32.2. The van der Waals surface area contributed by atoms with E-state index < -0.39 is 51.6 Å². The largest absolute Gasteiger partial charge is 0.455 e. The summed E-state index contributed by atoms with van der Waals surface area (Å²) in [4.78, 5) is 23.0. The van der Waals surface area contributed by atoms with E-state index in [9.17, 15) is 40.0 Å². The summed E-state index contributed by atoms with van der Waals surface area (Å²) in [6.07, 6.45) is -9.31. The van der Waals surface area contributed by atoms with Crippen LogP contribution in [-0.4, -0.2) is 44.3 Å². The highest BCUT2D eigenvalue weighted by Crippen LogP contribution is 2.32. The van der Waals surface area contributed by atoms with Crippen LogP contribution in [0.1, 0.15) is 17.3 Å². The van der Waals surface area contributed by atoms with Gasteiger partial charge in [0.15, 0.2) is 6.61 Å². The quantitative estimate of drug-likeness (QED) is 0.213. The van der Waals surface area contributed by atoms with Crippen LogP contribution in [0.4, 0.5) is 22.0 Å². The van der Waals surface area contributed by atoms with Crippen molar-refractivity contribution in [2.75, 3.05) is 6.61 Å². The van der Waals surface area contributed by atoms with Gasteiger partial charge in [-0.1, -0.05) is 36.9 Å². The molecule has 27 heavy (non-hydrogen) atoms. The molecule has 0 N–H and O–H groups in total. The average molecular weight is 416 g/mol. The topological polar surface area (TPSA) is 86.7 Å². The van der Waals surface area contributed by atoms with Crippen molar-refractivity contribution in [3.8, 4) is 0 Å². The van der Waals surface area contributed by atoms with Gasteiger partial charge in [0, 0.05) is 11.1 Å². The third-order valence-electron chi connectivity index (χ3n) is 2.90. The molecule has 0 heterocycles. The first-order valence-electron chi connectivity index (χ1n) is 6.98. The van der Waals surface area contributed by atoms with Gasteiger partial charge < -0.3 is 4.74 Å². The molecule has 0 fully saturated rings. The van der Waals surface area contributed by atoms with Crippen molar-refractivity contribution in [2.45, 2.75) is 24.5 Å². The predicted molar refractivity (Wildman–Crippen MR) is 81.3 cm³/mol. The molecule has 150 valence electrons. The lowest BCUT2D eigenvalue weighted by Gasteiger charge is -2.22. The normalized spacial score (nSPS) is 13.7. The van der Waals surface area contributed by atoms with E-state index in [1.54, 1.807) is 0 Å². The summed E-state index contributed by atoms with van der Waals surface area (Å²) in [5, 5.41) is -5.04. The molecule has 0 saturated carbocycles. The molecule has 0 bridgehead atoms. The number of esters is 1.